The summed E-state index contributed by atoms with van der Waals surface area (Å²) in [6.07, 6.45) is 10.9. The van der Waals surface area contributed by atoms with Crippen molar-refractivity contribution in [1.29, 1.82) is 0 Å². The summed E-state index contributed by atoms with van der Waals surface area (Å²) in [5.41, 5.74) is 0. The zero-order valence-electron chi connectivity index (χ0n) is 13.2. The third-order valence-electron chi connectivity index (χ3n) is 5.00. The average molecular weight is 306 g/mol. The summed E-state index contributed by atoms with van der Waals surface area (Å²) in [6, 6.07) is 0. The second kappa shape index (κ2) is 8.16. The molecule has 0 spiro atoms. The summed E-state index contributed by atoms with van der Waals surface area (Å²) in [6.45, 7) is 6.86. The van der Waals surface area contributed by atoms with Crippen LogP contribution in [-0.4, -0.2) is 24.1 Å². The highest BCUT2D eigenvalue weighted by molar-refractivity contribution is 5.81. The van der Waals surface area contributed by atoms with Gasteiger partial charge in [0, 0.05) is 12.2 Å². The van der Waals surface area contributed by atoms with Crippen LogP contribution in [0.25, 0.3) is 0 Å². The lowest BCUT2D eigenvalue weighted by atomic mass is 9.72. The van der Waals surface area contributed by atoms with Crippen LogP contribution in [0, 0.1) is 11.8 Å². The fourth-order valence-corrected chi connectivity index (χ4v) is 3.78. The smallest absolute Gasteiger partial charge is 0.330 e. The largest absolute Gasteiger partial charge is 0.459 e. The molecule has 0 heterocycles. The highest BCUT2D eigenvalue weighted by atomic mass is 16.5. The van der Waals surface area contributed by atoms with E-state index in [1.165, 1.54) is 12.2 Å². The molecule has 122 valence electrons. The highest BCUT2D eigenvalue weighted by Gasteiger charge is 2.32. The topological polar surface area (TPSA) is 52.6 Å². The molecule has 0 aromatic rings. The van der Waals surface area contributed by atoms with E-state index in [0.717, 1.165) is 63.2 Å². The Kier molecular flexibility index (Phi) is 6.22. The van der Waals surface area contributed by atoms with Crippen molar-refractivity contribution >= 4 is 11.9 Å². The van der Waals surface area contributed by atoms with Crippen LogP contribution in [0.1, 0.15) is 51.4 Å². The van der Waals surface area contributed by atoms with Crippen molar-refractivity contribution in [2.45, 2.75) is 63.6 Å². The lowest BCUT2D eigenvalue weighted by Crippen LogP contribution is -2.31. The normalized spacial score (nSPS) is 31.8. The number of carbonyl (C=O) groups is 2. The van der Waals surface area contributed by atoms with Gasteiger partial charge in [-0.25, -0.2) is 9.59 Å². The van der Waals surface area contributed by atoms with Crippen LogP contribution >= 0.6 is 0 Å². The van der Waals surface area contributed by atoms with Crippen molar-refractivity contribution in [3.63, 3.8) is 0 Å². The third-order valence-corrected chi connectivity index (χ3v) is 5.00. The highest BCUT2D eigenvalue weighted by Crippen LogP contribution is 2.39. The van der Waals surface area contributed by atoms with E-state index in [1.54, 1.807) is 0 Å². The molecule has 0 amide bonds. The van der Waals surface area contributed by atoms with Gasteiger partial charge in [-0.15, -0.1) is 0 Å². The van der Waals surface area contributed by atoms with Crippen LogP contribution in [-0.2, 0) is 19.1 Å². The fourth-order valence-electron chi connectivity index (χ4n) is 3.78. The Morgan fingerprint density at radius 1 is 0.682 bits per heavy atom. The number of hydrogen-bond donors (Lipinski definition) is 0. The maximum atomic E-state index is 11.2. The Labute approximate surface area is 132 Å². The lowest BCUT2D eigenvalue weighted by molar-refractivity contribution is -0.147. The van der Waals surface area contributed by atoms with Gasteiger partial charge in [-0.3, -0.25) is 0 Å². The van der Waals surface area contributed by atoms with E-state index in [-0.39, 0.29) is 24.1 Å². The van der Waals surface area contributed by atoms with Crippen LogP contribution in [0.3, 0.4) is 0 Å². The second-order valence-corrected chi connectivity index (χ2v) is 6.36. The van der Waals surface area contributed by atoms with Gasteiger partial charge >= 0.3 is 11.9 Å². The molecule has 2 fully saturated rings. The Morgan fingerprint density at radius 3 is 1.27 bits per heavy atom. The molecular weight excluding hydrogens is 280 g/mol. The average Bonchev–Trinajstić information content (AvgIpc) is 2.56. The first-order valence-corrected chi connectivity index (χ1v) is 8.28. The van der Waals surface area contributed by atoms with Crippen molar-refractivity contribution in [3.05, 3.63) is 25.3 Å². The fraction of sp³-hybridized carbons (Fsp3) is 0.667. The summed E-state index contributed by atoms with van der Waals surface area (Å²) in [5.74, 6) is 0.811. The van der Waals surface area contributed by atoms with Crippen molar-refractivity contribution in [2.24, 2.45) is 11.8 Å². The zero-order chi connectivity index (χ0) is 15.9. The molecule has 2 aliphatic rings. The molecule has 0 saturated heterocycles. The van der Waals surface area contributed by atoms with E-state index < -0.39 is 0 Å². The van der Waals surface area contributed by atoms with Gasteiger partial charge in [-0.2, -0.15) is 0 Å². The first-order valence-electron chi connectivity index (χ1n) is 8.28. The molecule has 4 heteroatoms. The van der Waals surface area contributed by atoms with Gasteiger partial charge in [0.2, 0.25) is 0 Å². The van der Waals surface area contributed by atoms with E-state index in [2.05, 4.69) is 13.2 Å². The molecule has 0 aromatic carbocycles. The van der Waals surface area contributed by atoms with E-state index in [0.29, 0.717) is 0 Å². The Balaban J connectivity index is 1.70. The Morgan fingerprint density at radius 2 is 1.00 bits per heavy atom. The van der Waals surface area contributed by atoms with E-state index in [1.807, 2.05) is 0 Å². The molecule has 2 saturated carbocycles. The minimum Gasteiger partial charge on any atom is -0.459 e. The van der Waals surface area contributed by atoms with Crippen molar-refractivity contribution in [3.8, 4) is 0 Å². The number of ether oxygens (including phenoxy) is 2. The quantitative estimate of drug-likeness (QED) is 0.575. The third kappa shape index (κ3) is 4.72. The molecule has 2 aliphatic carbocycles. The number of esters is 2. The van der Waals surface area contributed by atoms with Crippen molar-refractivity contribution < 1.29 is 19.1 Å². The molecule has 0 unspecified atom stereocenters. The van der Waals surface area contributed by atoms with Gasteiger partial charge in [0.25, 0.3) is 0 Å². The number of carbonyl (C=O) groups excluding carboxylic acids is 2. The zero-order valence-corrected chi connectivity index (χ0v) is 13.2. The minimum atomic E-state index is -0.312. The van der Waals surface area contributed by atoms with Gasteiger partial charge in [-0.1, -0.05) is 13.2 Å². The molecular formula is C18H26O4. The van der Waals surface area contributed by atoms with E-state index in [4.69, 9.17) is 9.47 Å². The maximum Gasteiger partial charge on any atom is 0.330 e. The van der Waals surface area contributed by atoms with Crippen LogP contribution in [0.5, 0.6) is 0 Å². The molecule has 0 radical (unpaired) electrons. The Hall–Kier alpha value is -1.58. The number of rotatable bonds is 5. The molecule has 0 bridgehead atoms. The number of hydrogen-bond acceptors (Lipinski definition) is 4. The van der Waals surface area contributed by atoms with E-state index in [9.17, 15) is 9.59 Å². The summed E-state index contributed by atoms with van der Waals surface area (Å²) in [7, 11) is 0. The van der Waals surface area contributed by atoms with E-state index >= 15 is 0 Å². The van der Waals surface area contributed by atoms with Gasteiger partial charge in [-0.05, 0) is 63.2 Å². The summed E-state index contributed by atoms with van der Waals surface area (Å²) < 4.78 is 10.7. The summed E-state index contributed by atoms with van der Waals surface area (Å²) >= 11 is 0. The first-order chi connectivity index (χ1) is 10.6. The molecule has 0 aliphatic heterocycles. The van der Waals surface area contributed by atoms with Crippen LogP contribution in [0.2, 0.25) is 0 Å². The van der Waals surface area contributed by atoms with Crippen molar-refractivity contribution in [2.75, 3.05) is 0 Å². The van der Waals surface area contributed by atoms with Crippen LogP contribution in [0.4, 0.5) is 0 Å². The molecule has 0 aromatic heterocycles. The molecule has 0 atom stereocenters. The Bertz CT molecular complexity index is 373. The van der Waals surface area contributed by atoms with Gasteiger partial charge in [0.1, 0.15) is 12.2 Å². The monoisotopic (exact) mass is 306 g/mol. The van der Waals surface area contributed by atoms with Crippen LogP contribution < -0.4 is 0 Å². The summed E-state index contributed by atoms with van der Waals surface area (Å²) in [4.78, 5) is 22.4. The first kappa shape index (κ1) is 16.8. The second-order valence-electron chi connectivity index (χ2n) is 6.36. The van der Waals surface area contributed by atoms with Crippen molar-refractivity contribution in [1.82, 2.24) is 0 Å². The molecule has 0 N–H and O–H groups in total. The van der Waals surface area contributed by atoms with Crippen LogP contribution in [0.15, 0.2) is 25.3 Å². The predicted octanol–water partition coefficient (Wildman–Crippen LogP) is 3.56. The lowest BCUT2D eigenvalue weighted by Gasteiger charge is -2.37. The molecule has 22 heavy (non-hydrogen) atoms. The molecule has 2 rings (SSSR count). The molecule has 4 nitrogen and oxygen atoms in total. The standard InChI is InChI=1S/C18H26O4/c1-3-17(19)21-15-9-5-13(6-10-15)14-7-11-16(12-8-14)22-18(20)4-2/h3-4,13-16H,1-2,5-12H2. The van der Waals surface area contributed by atoms with Gasteiger partial charge in [0.05, 0.1) is 0 Å². The van der Waals surface area contributed by atoms with Gasteiger partial charge < -0.3 is 9.47 Å². The minimum absolute atomic E-state index is 0.0617. The maximum absolute atomic E-state index is 11.2. The SMILES string of the molecule is C=CC(=O)OC1CCC(C2CCC(OC(=O)C=C)CC2)CC1. The predicted molar refractivity (Wildman–Crippen MR) is 84.1 cm³/mol. The van der Waals surface area contributed by atoms with Gasteiger partial charge in [0.15, 0.2) is 0 Å². The summed E-state index contributed by atoms with van der Waals surface area (Å²) in [5, 5.41) is 0.